The van der Waals surface area contributed by atoms with Crippen LogP contribution >= 0.6 is 11.8 Å². The van der Waals surface area contributed by atoms with E-state index in [1.165, 1.54) is 0 Å². The van der Waals surface area contributed by atoms with Gasteiger partial charge < -0.3 is 4.74 Å². The first-order chi connectivity index (χ1) is 6.47. The molecular formula is C10H13NO2S. The molecule has 3 nitrogen and oxygen atoms in total. The van der Waals surface area contributed by atoms with E-state index in [2.05, 4.69) is 4.98 Å². The van der Waals surface area contributed by atoms with E-state index < -0.39 is 5.60 Å². The van der Waals surface area contributed by atoms with Crippen LogP contribution < -0.4 is 0 Å². The zero-order valence-corrected chi connectivity index (χ0v) is 9.30. The summed E-state index contributed by atoms with van der Waals surface area (Å²) in [6, 6.07) is 5.41. The van der Waals surface area contributed by atoms with Crippen LogP contribution in [0.2, 0.25) is 0 Å². The van der Waals surface area contributed by atoms with Gasteiger partial charge in [0.1, 0.15) is 10.6 Å². The highest BCUT2D eigenvalue weighted by Crippen LogP contribution is 2.20. The summed E-state index contributed by atoms with van der Waals surface area (Å²) < 4.78 is 5.13. The summed E-state index contributed by atoms with van der Waals surface area (Å²) in [5.74, 6) is 0. The lowest BCUT2D eigenvalue weighted by Gasteiger charge is -2.18. The molecule has 0 radical (unpaired) electrons. The first-order valence-electron chi connectivity index (χ1n) is 4.29. The van der Waals surface area contributed by atoms with Crippen molar-refractivity contribution in [3.05, 3.63) is 24.4 Å². The summed E-state index contributed by atoms with van der Waals surface area (Å²) in [5, 5.41) is 0.331. The molecule has 0 aliphatic carbocycles. The third kappa shape index (κ3) is 4.28. The molecule has 0 aliphatic rings. The van der Waals surface area contributed by atoms with Crippen molar-refractivity contribution in [2.75, 3.05) is 0 Å². The molecule has 1 rings (SSSR count). The van der Waals surface area contributed by atoms with E-state index in [9.17, 15) is 4.79 Å². The van der Waals surface area contributed by atoms with Gasteiger partial charge in [-0.05, 0) is 32.9 Å². The normalized spacial score (nSPS) is 11.1. The average molecular weight is 211 g/mol. The van der Waals surface area contributed by atoms with E-state index in [0.29, 0.717) is 5.03 Å². The van der Waals surface area contributed by atoms with Crippen molar-refractivity contribution >= 4 is 17.1 Å². The fraction of sp³-hybridized carbons (Fsp3) is 0.400. The highest BCUT2D eigenvalue weighted by atomic mass is 32.2. The van der Waals surface area contributed by atoms with Crippen LogP contribution in [0.3, 0.4) is 0 Å². The molecule has 14 heavy (non-hydrogen) atoms. The summed E-state index contributed by atoms with van der Waals surface area (Å²) in [6.07, 6.45) is 1.65. The van der Waals surface area contributed by atoms with Crippen molar-refractivity contribution in [2.24, 2.45) is 0 Å². The second kappa shape index (κ2) is 4.46. The number of ether oxygens (including phenoxy) is 1. The Morgan fingerprint density at radius 1 is 1.43 bits per heavy atom. The molecule has 0 atom stereocenters. The lowest BCUT2D eigenvalue weighted by Crippen LogP contribution is -2.21. The predicted octanol–water partition coefficient (Wildman–Crippen LogP) is 3.11. The van der Waals surface area contributed by atoms with Crippen molar-refractivity contribution in [3.8, 4) is 0 Å². The van der Waals surface area contributed by atoms with Crippen LogP contribution in [0.4, 0.5) is 4.79 Å². The Morgan fingerprint density at radius 2 is 2.14 bits per heavy atom. The molecule has 0 saturated heterocycles. The minimum Gasteiger partial charge on any atom is -0.452 e. The number of thioether (sulfide) groups is 1. The first kappa shape index (κ1) is 11.0. The van der Waals surface area contributed by atoms with Gasteiger partial charge in [0.15, 0.2) is 0 Å². The summed E-state index contributed by atoms with van der Waals surface area (Å²) in [5.41, 5.74) is -0.446. The zero-order valence-electron chi connectivity index (χ0n) is 8.48. The Morgan fingerprint density at radius 3 is 2.64 bits per heavy atom. The number of rotatable bonds is 1. The lowest BCUT2D eigenvalue weighted by atomic mass is 10.2. The summed E-state index contributed by atoms with van der Waals surface area (Å²) in [6.45, 7) is 5.51. The SMILES string of the molecule is CC(C)(C)OC(=O)Sc1ccccn1. The van der Waals surface area contributed by atoms with E-state index in [0.717, 1.165) is 11.8 Å². The van der Waals surface area contributed by atoms with E-state index >= 15 is 0 Å². The van der Waals surface area contributed by atoms with Gasteiger partial charge in [-0.1, -0.05) is 6.07 Å². The molecule has 0 spiro atoms. The fourth-order valence-electron chi connectivity index (χ4n) is 0.764. The van der Waals surface area contributed by atoms with Gasteiger partial charge in [-0.15, -0.1) is 0 Å². The Kier molecular flexibility index (Phi) is 3.52. The minimum absolute atomic E-state index is 0.323. The number of aromatic nitrogens is 1. The van der Waals surface area contributed by atoms with Gasteiger partial charge >= 0.3 is 5.30 Å². The van der Waals surface area contributed by atoms with Crippen LogP contribution in [0.15, 0.2) is 29.4 Å². The van der Waals surface area contributed by atoms with Crippen LogP contribution in [-0.4, -0.2) is 15.9 Å². The molecule has 1 aromatic heterocycles. The van der Waals surface area contributed by atoms with Gasteiger partial charge in [0.25, 0.3) is 0 Å². The van der Waals surface area contributed by atoms with Crippen LogP contribution in [0.1, 0.15) is 20.8 Å². The highest BCUT2D eigenvalue weighted by Gasteiger charge is 2.17. The Labute approximate surface area is 87.9 Å². The molecule has 0 aliphatic heterocycles. The number of carbonyl (C=O) groups is 1. The van der Waals surface area contributed by atoms with Crippen LogP contribution in [0.25, 0.3) is 0 Å². The number of pyridine rings is 1. The summed E-state index contributed by atoms with van der Waals surface area (Å²) >= 11 is 0.998. The number of nitrogens with zero attached hydrogens (tertiary/aromatic N) is 1. The third-order valence-electron chi connectivity index (χ3n) is 1.22. The van der Waals surface area contributed by atoms with E-state index in [4.69, 9.17) is 4.74 Å². The fourth-order valence-corrected chi connectivity index (χ4v) is 1.49. The van der Waals surface area contributed by atoms with Gasteiger partial charge in [0.2, 0.25) is 0 Å². The van der Waals surface area contributed by atoms with Gasteiger partial charge in [-0.2, -0.15) is 0 Å². The third-order valence-corrected chi connectivity index (χ3v) is 1.92. The standard InChI is InChI=1S/C10H13NO2S/c1-10(2,3)13-9(12)14-8-6-4-5-7-11-8/h4-7H,1-3H3. The lowest BCUT2D eigenvalue weighted by molar-refractivity contribution is 0.0738. The monoisotopic (exact) mass is 211 g/mol. The van der Waals surface area contributed by atoms with Crippen LogP contribution in [-0.2, 0) is 4.74 Å². The molecule has 0 bridgehead atoms. The zero-order chi connectivity index (χ0) is 10.6. The van der Waals surface area contributed by atoms with Gasteiger partial charge in [0, 0.05) is 18.0 Å². The molecule has 76 valence electrons. The predicted molar refractivity (Wildman–Crippen MR) is 56.3 cm³/mol. The molecule has 0 saturated carbocycles. The summed E-state index contributed by atoms with van der Waals surface area (Å²) in [4.78, 5) is 15.3. The quantitative estimate of drug-likeness (QED) is 0.528. The molecule has 1 heterocycles. The second-order valence-corrected chi connectivity index (χ2v) is 4.69. The Hall–Kier alpha value is -1.03. The first-order valence-corrected chi connectivity index (χ1v) is 5.11. The van der Waals surface area contributed by atoms with Crippen LogP contribution in [0.5, 0.6) is 0 Å². The topological polar surface area (TPSA) is 39.2 Å². The van der Waals surface area contributed by atoms with E-state index in [-0.39, 0.29) is 5.30 Å². The molecule has 0 aromatic carbocycles. The molecule has 0 amide bonds. The van der Waals surface area contributed by atoms with Gasteiger partial charge in [-0.25, -0.2) is 9.78 Å². The van der Waals surface area contributed by atoms with Crippen molar-refractivity contribution in [1.29, 1.82) is 0 Å². The van der Waals surface area contributed by atoms with E-state index in [1.807, 2.05) is 26.8 Å². The molecule has 0 unspecified atom stereocenters. The Balaban J connectivity index is 2.50. The number of hydrogen-bond acceptors (Lipinski definition) is 4. The average Bonchev–Trinajstić information content (AvgIpc) is 2.02. The molecule has 4 heteroatoms. The van der Waals surface area contributed by atoms with Crippen LogP contribution in [0, 0.1) is 0 Å². The number of carbonyl (C=O) groups excluding carboxylic acids is 1. The number of hydrogen-bond donors (Lipinski definition) is 0. The van der Waals surface area contributed by atoms with Gasteiger partial charge in [-0.3, -0.25) is 0 Å². The molecule has 0 N–H and O–H groups in total. The Bertz CT molecular complexity index is 306. The molecule has 1 aromatic rings. The minimum atomic E-state index is -0.446. The summed E-state index contributed by atoms with van der Waals surface area (Å²) in [7, 11) is 0. The smallest absolute Gasteiger partial charge is 0.374 e. The maximum atomic E-state index is 11.3. The van der Waals surface area contributed by atoms with Crippen molar-refractivity contribution in [3.63, 3.8) is 0 Å². The maximum Gasteiger partial charge on any atom is 0.374 e. The second-order valence-electron chi connectivity index (χ2n) is 3.73. The molecular weight excluding hydrogens is 198 g/mol. The van der Waals surface area contributed by atoms with Crippen molar-refractivity contribution in [2.45, 2.75) is 31.4 Å². The largest absolute Gasteiger partial charge is 0.452 e. The van der Waals surface area contributed by atoms with Crippen molar-refractivity contribution in [1.82, 2.24) is 4.98 Å². The molecule has 0 fully saturated rings. The van der Waals surface area contributed by atoms with E-state index in [1.54, 1.807) is 18.3 Å². The van der Waals surface area contributed by atoms with Crippen molar-refractivity contribution < 1.29 is 9.53 Å². The maximum absolute atomic E-state index is 11.3. The van der Waals surface area contributed by atoms with Gasteiger partial charge in [0.05, 0.1) is 0 Å². The highest BCUT2D eigenvalue weighted by molar-refractivity contribution is 8.13.